The van der Waals surface area contributed by atoms with Gasteiger partial charge in [-0.3, -0.25) is 0 Å². The maximum absolute atomic E-state index is 8.89. The highest BCUT2D eigenvalue weighted by Gasteiger charge is 2.03. The van der Waals surface area contributed by atoms with E-state index in [0.29, 0.717) is 5.57 Å². The second kappa shape index (κ2) is 1.97. The fourth-order valence-electron chi connectivity index (χ4n) is 0.578. The number of hydrogen-bond donors (Lipinski definition) is 1. The Kier molecular flexibility index (Phi) is 1.30. The molecule has 0 atom stereocenters. The monoisotopic (exact) mass is 124 g/mol. The van der Waals surface area contributed by atoms with E-state index in [-0.39, 0.29) is 5.76 Å². The lowest BCUT2D eigenvalue weighted by atomic mass is 10.2. The minimum absolute atomic E-state index is 0.0978. The van der Waals surface area contributed by atoms with Crippen molar-refractivity contribution in [3.8, 4) is 0 Å². The Morgan fingerprint density at radius 2 is 2.33 bits per heavy atom. The van der Waals surface area contributed by atoms with Crippen LogP contribution >= 0.6 is 0 Å². The van der Waals surface area contributed by atoms with E-state index in [0.717, 1.165) is 5.76 Å². The van der Waals surface area contributed by atoms with E-state index >= 15 is 0 Å². The predicted octanol–water partition coefficient (Wildman–Crippen LogP) is 1.88. The third kappa shape index (κ3) is 1.13. The molecule has 0 radical (unpaired) electrons. The van der Waals surface area contributed by atoms with Gasteiger partial charge >= 0.3 is 0 Å². The van der Waals surface area contributed by atoms with Crippen molar-refractivity contribution >= 4 is 0 Å². The first-order valence-electron chi connectivity index (χ1n) is 2.63. The SMILES string of the molecule is C=C1C=C(C)OC=C1O. The van der Waals surface area contributed by atoms with E-state index in [1.54, 1.807) is 13.0 Å². The smallest absolute Gasteiger partial charge is 0.157 e. The van der Waals surface area contributed by atoms with Crippen LogP contribution in [0.15, 0.2) is 36.0 Å². The first kappa shape index (κ1) is 5.95. The van der Waals surface area contributed by atoms with E-state index in [1.807, 2.05) is 0 Å². The molecule has 0 spiro atoms. The van der Waals surface area contributed by atoms with Crippen molar-refractivity contribution in [2.24, 2.45) is 0 Å². The van der Waals surface area contributed by atoms with Crippen molar-refractivity contribution in [2.45, 2.75) is 6.92 Å². The van der Waals surface area contributed by atoms with Crippen LogP contribution in [0.1, 0.15) is 6.92 Å². The van der Waals surface area contributed by atoms with Gasteiger partial charge in [-0.1, -0.05) is 6.58 Å². The Hall–Kier alpha value is -1.18. The molecule has 0 fully saturated rings. The molecule has 0 amide bonds. The molecule has 0 saturated carbocycles. The largest absolute Gasteiger partial charge is 0.504 e. The van der Waals surface area contributed by atoms with E-state index < -0.39 is 0 Å². The van der Waals surface area contributed by atoms with Gasteiger partial charge in [0.05, 0.1) is 0 Å². The molecule has 2 nitrogen and oxygen atoms in total. The van der Waals surface area contributed by atoms with Crippen LogP contribution < -0.4 is 0 Å². The molecule has 2 heteroatoms. The summed E-state index contributed by atoms with van der Waals surface area (Å²) < 4.78 is 4.85. The molecular weight excluding hydrogens is 116 g/mol. The molecule has 1 aliphatic rings. The molecule has 1 aliphatic heterocycles. The lowest BCUT2D eigenvalue weighted by Crippen LogP contribution is -1.93. The molecule has 0 aromatic heterocycles. The first-order chi connectivity index (χ1) is 4.20. The highest BCUT2D eigenvalue weighted by Crippen LogP contribution is 2.15. The molecule has 0 bridgehead atoms. The van der Waals surface area contributed by atoms with Gasteiger partial charge in [0.15, 0.2) is 5.76 Å². The summed E-state index contributed by atoms with van der Waals surface area (Å²) in [4.78, 5) is 0. The highest BCUT2D eigenvalue weighted by atomic mass is 16.5. The predicted molar refractivity (Wildman–Crippen MR) is 34.7 cm³/mol. The van der Waals surface area contributed by atoms with Crippen molar-refractivity contribution in [1.82, 2.24) is 0 Å². The first-order valence-corrected chi connectivity index (χ1v) is 2.63. The second-order valence-electron chi connectivity index (χ2n) is 1.90. The topological polar surface area (TPSA) is 29.5 Å². The molecule has 0 saturated heterocycles. The summed E-state index contributed by atoms with van der Waals surface area (Å²) in [5.74, 6) is 0.846. The number of allylic oxidation sites excluding steroid dienone is 2. The van der Waals surface area contributed by atoms with E-state index in [1.165, 1.54) is 6.26 Å². The minimum atomic E-state index is 0.0978. The fraction of sp³-hybridized carbons (Fsp3) is 0.143. The molecule has 0 aromatic carbocycles. The van der Waals surface area contributed by atoms with E-state index in [9.17, 15) is 0 Å². The fourth-order valence-corrected chi connectivity index (χ4v) is 0.578. The van der Waals surface area contributed by atoms with E-state index in [2.05, 4.69) is 6.58 Å². The zero-order valence-electron chi connectivity index (χ0n) is 5.22. The number of hydrogen-bond acceptors (Lipinski definition) is 2. The molecule has 1 N–H and O–H groups in total. The number of ether oxygens (including phenoxy) is 1. The zero-order valence-corrected chi connectivity index (χ0v) is 5.22. The Morgan fingerprint density at radius 3 is 2.78 bits per heavy atom. The average Bonchev–Trinajstić information content (AvgIpc) is 1.80. The zero-order chi connectivity index (χ0) is 6.85. The van der Waals surface area contributed by atoms with Gasteiger partial charge in [0.25, 0.3) is 0 Å². The number of rotatable bonds is 0. The summed E-state index contributed by atoms with van der Waals surface area (Å²) in [5.41, 5.74) is 0.596. The van der Waals surface area contributed by atoms with E-state index in [4.69, 9.17) is 9.84 Å². The lowest BCUT2D eigenvalue weighted by Gasteiger charge is -2.08. The maximum atomic E-state index is 8.89. The maximum Gasteiger partial charge on any atom is 0.157 e. The van der Waals surface area contributed by atoms with Gasteiger partial charge in [-0.2, -0.15) is 0 Å². The normalized spacial score (nSPS) is 18.1. The van der Waals surface area contributed by atoms with Gasteiger partial charge in [-0.25, -0.2) is 0 Å². The van der Waals surface area contributed by atoms with Gasteiger partial charge in [0, 0.05) is 5.57 Å². The Morgan fingerprint density at radius 1 is 1.67 bits per heavy atom. The summed E-state index contributed by atoms with van der Waals surface area (Å²) in [6, 6.07) is 0. The number of aliphatic hydroxyl groups is 1. The van der Waals surface area contributed by atoms with Gasteiger partial charge in [-0.05, 0) is 13.0 Å². The van der Waals surface area contributed by atoms with Crippen molar-refractivity contribution in [3.63, 3.8) is 0 Å². The van der Waals surface area contributed by atoms with Crippen LogP contribution in [0.25, 0.3) is 0 Å². The van der Waals surface area contributed by atoms with Crippen LogP contribution in [0.3, 0.4) is 0 Å². The van der Waals surface area contributed by atoms with Gasteiger partial charge < -0.3 is 9.84 Å². The second-order valence-corrected chi connectivity index (χ2v) is 1.90. The average molecular weight is 124 g/mol. The van der Waals surface area contributed by atoms with Crippen molar-refractivity contribution < 1.29 is 9.84 Å². The summed E-state index contributed by atoms with van der Waals surface area (Å²) in [7, 11) is 0. The third-order valence-corrected chi connectivity index (χ3v) is 1.06. The van der Waals surface area contributed by atoms with Crippen LogP contribution in [0.5, 0.6) is 0 Å². The number of aliphatic hydroxyl groups excluding tert-OH is 1. The standard InChI is InChI=1S/C7H8O2/c1-5-3-6(2)9-4-7(5)8/h3-4,8H,1H2,2H3. The Bertz CT molecular complexity index is 199. The molecule has 0 aliphatic carbocycles. The van der Waals surface area contributed by atoms with Gasteiger partial charge in [0.2, 0.25) is 0 Å². The molecule has 1 rings (SSSR count). The van der Waals surface area contributed by atoms with Gasteiger partial charge in [-0.15, -0.1) is 0 Å². The molecule has 9 heavy (non-hydrogen) atoms. The van der Waals surface area contributed by atoms with Crippen molar-refractivity contribution in [2.75, 3.05) is 0 Å². The lowest BCUT2D eigenvalue weighted by molar-refractivity contribution is 0.304. The molecular formula is C7H8O2. The van der Waals surface area contributed by atoms with Crippen LogP contribution in [0.4, 0.5) is 0 Å². The summed E-state index contributed by atoms with van der Waals surface area (Å²) >= 11 is 0. The quantitative estimate of drug-likeness (QED) is 0.534. The van der Waals surface area contributed by atoms with Crippen molar-refractivity contribution in [3.05, 3.63) is 36.0 Å². The molecule has 0 aromatic rings. The summed E-state index contributed by atoms with van der Waals surface area (Å²) in [6.45, 7) is 5.37. The Labute approximate surface area is 53.8 Å². The molecule has 48 valence electrons. The minimum Gasteiger partial charge on any atom is -0.504 e. The van der Waals surface area contributed by atoms with Gasteiger partial charge in [0.1, 0.15) is 12.0 Å². The van der Waals surface area contributed by atoms with Crippen LogP contribution in [-0.2, 0) is 4.74 Å². The van der Waals surface area contributed by atoms with Crippen LogP contribution in [0, 0.1) is 0 Å². The van der Waals surface area contributed by atoms with Crippen molar-refractivity contribution in [1.29, 1.82) is 0 Å². The van der Waals surface area contributed by atoms with Crippen LogP contribution in [-0.4, -0.2) is 5.11 Å². The highest BCUT2D eigenvalue weighted by molar-refractivity contribution is 5.35. The molecule has 1 heterocycles. The third-order valence-electron chi connectivity index (χ3n) is 1.06. The Balaban J connectivity index is 2.82. The summed E-state index contributed by atoms with van der Waals surface area (Å²) in [6.07, 6.45) is 2.95. The summed E-state index contributed by atoms with van der Waals surface area (Å²) in [5, 5.41) is 8.89. The van der Waals surface area contributed by atoms with Crippen LogP contribution in [0.2, 0.25) is 0 Å². The molecule has 0 unspecified atom stereocenters.